The number of hydrogen-bond acceptors (Lipinski definition) is 3. The quantitative estimate of drug-likeness (QED) is 0.603. The fraction of sp³-hybridized carbons (Fsp3) is 0.929. The summed E-state index contributed by atoms with van der Waals surface area (Å²) in [7, 11) is 4.09. The number of rotatable bonds is 10. The predicted molar refractivity (Wildman–Crippen MR) is 77.8 cm³/mol. The van der Waals surface area contributed by atoms with E-state index in [2.05, 4.69) is 31.0 Å². The van der Waals surface area contributed by atoms with Crippen LogP contribution in [-0.2, 0) is 4.79 Å². The summed E-state index contributed by atoms with van der Waals surface area (Å²) >= 11 is 0. The highest BCUT2D eigenvalue weighted by molar-refractivity contribution is 5.76. The van der Waals surface area contributed by atoms with Gasteiger partial charge in [-0.1, -0.05) is 20.8 Å². The van der Waals surface area contributed by atoms with Gasteiger partial charge in [-0.25, -0.2) is 0 Å². The van der Waals surface area contributed by atoms with Crippen molar-refractivity contribution < 1.29 is 4.79 Å². The molecule has 0 bridgehead atoms. The average molecular weight is 257 g/mol. The van der Waals surface area contributed by atoms with Crippen molar-refractivity contribution in [3.63, 3.8) is 0 Å². The van der Waals surface area contributed by atoms with E-state index >= 15 is 0 Å². The lowest BCUT2D eigenvalue weighted by atomic mass is 10.2. The third kappa shape index (κ3) is 9.42. The maximum Gasteiger partial charge on any atom is 0.222 e. The second kappa shape index (κ2) is 10.3. The van der Waals surface area contributed by atoms with Gasteiger partial charge in [-0.15, -0.1) is 0 Å². The average Bonchev–Trinajstić information content (AvgIpc) is 2.29. The van der Waals surface area contributed by atoms with Crippen LogP contribution in [0.1, 0.15) is 40.0 Å². The number of nitrogens with zero attached hydrogens (tertiary/aromatic N) is 2. The van der Waals surface area contributed by atoms with Crippen molar-refractivity contribution in [3.05, 3.63) is 0 Å². The molecule has 0 aliphatic heterocycles. The fourth-order valence-corrected chi connectivity index (χ4v) is 1.74. The van der Waals surface area contributed by atoms with Crippen LogP contribution >= 0.6 is 0 Å². The molecule has 108 valence electrons. The van der Waals surface area contributed by atoms with Crippen LogP contribution in [0.25, 0.3) is 0 Å². The van der Waals surface area contributed by atoms with Gasteiger partial charge in [0.1, 0.15) is 0 Å². The summed E-state index contributed by atoms with van der Waals surface area (Å²) in [5, 5.41) is 3.34. The second-order valence-corrected chi connectivity index (χ2v) is 5.40. The van der Waals surface area contributed by atoms with E-state index in [1.54, 1.807) is 0 Å². The first kappa shape index (κ1) is 17.4. The number of carbonyl (C=O) groups excluding carboxylic acids is 1. The maximum atomic E-state index is 12.1. The molecular formula is C14H31N3O. The van der Waals surface area contributed by atoms with Crippen molar-refractivity contribution in [1.82, 2.24) is 15.1 Å². The number of nitrogens with one attached hydrogen (secondary N) is 1. The Balaban J connectivity index is 3.90. The molecular weight excluding hydrogens is 226 g/mol. The van der Waals surface area contributed by atoms with Gasteiger partial charge in [0.25, 0.3) is 0 Å². The monoisotopic (exact) mass is 257 g/mol. The van der Waals surface area contributed by atoms with Gasteiger partial charge in [0.15, 0.2) is 0 Å². The van der Waals surface area contributed by atoms with E-state index in [-0.39, 0.29) is 0 Å². The van der Waals surface area contributed by atoms with Crippen molar-refractivity contribution >= 4 is 5.91 Å². The van der Waals surface area contributed by atoms with Gasteiger partial charge < -0.3 is 15.1 Å². The molecule has 0 aromatic rings. The van der Waals surface area contributed by atoms with Crippen molar-refractivity contribution in [2.75, 3.05) is 40.3 Å². The van der Waals surface area contributed by atoms with Crippen molar-refractivity contribution in [3.8, 4) is 0 Å². The lowest BCUT2D eigenvalue weighted by molar-refractivity contribution is -0.131. The number of hydrogen-bond donors (Lipinski definition) is 1. The molecule has 0 heterocycles. The van der Waals surface area contributed by atoms with Crippen molar-refractivity contribution in [2.45, 2.75) is 46.1 Å². The zero-order chi connectivity index (χ0) is 14.0. The van der Waals surface area contributed by atoms with Gasteiger partial charge in [0.05, 0.1) is 0 Å². The van der Waals surface area contributed by atoms with E-state index < -0.39 is 0 Å². The lowest BCUT2D eigenvalue weighted by Crippen LogP contribution is -2.37. The topological polar surface area (TPSA) is 35.6 Å². The van der Waals surface area contributed by atoms with Gasteiger partial charge in [0, 0.05) is 32.1 Å². The van der Waals surface area contributed by atoms with E-state index in [0.29, 0.717) is 18.4 Å². The number of carbonyl (C=O) groups is 1. The standard InChI is InChI=1S/C14H31N3O/c1-6-10-17(12-11-16(4)5)14(18)8-7-9-15-13(2)3/h13,15H,6-12H2,1-5H3. The molecule has 0 aromatic carbocycles. The maximum absolute atomic E-state index is 12.1. The van der Waals surface area contributed by atoms with Gasteiger partial charge in [-0.2, -0.15) is 0 Å². The highest BCUT2D eigenvalue weighted by Crippen LogP contribution is 2.00. The van der Waals surface area contributed by atoms with Crippen LogP contribution in [0.5, 0.6) is 0 Å². The molecule has 0 atom stereocenters. The highest BCUT2D eigenvalue weighted by atomic mass is 16.2. The molecule has 0 rings (SSSR count). The first-order valence-corrected chi connectivity index (χ1v) is 7.13. The van der Waals surface area contributed by atoms with Crippen LogP contribution in [0.4, 0.5) is 0 Å². The van der Waals surface area contributed by atoms with Gasteiger partial charge in [-0.05, 0) is 33.5 Å². The number of likely N-dealkylation sites (N-methyl/N-ethyl adjacent to an activating group) is 1. The highest BCUT2D eigenvalue weighted by Gasteiger charge is 2.12. The molecule has 18 heavy (non-hydrogen) atoms. The largest absolute Gasteiger partial charge is 0.341 e. The molecule has 0 aliphatic rings. The second-order valence-electron chi connectivity index (χ2n) is 5.40. The molecule has 1 amide bonds. The summed E-state index contributed by atoms with van der Waals surface area (Å²) in [6.45, 7) is 9.97. The first-order valence-electron chi connectivity index (χ1n) is 7.13. The molecule has 0 radical (unpaired) electrons. The third-order valence-electron chi connectivity index (χ3n) is 2.78. The van der Waals surface area contributed by atoms with Crippen molar-refractivity contribution in [2.24, 2.45) is 0 Å². The van der Waals surface area contributed by atoms with E-state index in [1.165, 1.54) is 0 Å². The molecule has 1 N–H and O–H groups in total. The predicted octanol–water partition coefficient (Wildman–Crippen LogP) is 1.56. The summed E-state index contributed by atoms with van der Waals surface area (Å²) in [6, 6.07) is 0.501. The SMILES string of the molecule is CCCN(CCN(C)C)C(=O)CCCNC(C)C. The summed E-state index contributed by atoms with van der Waals surface area (Å²) < 4.78 is 0. The smallest absolute Gasteiger partial charge is 0.222 e. The number of amides is 1. The Morgan fingerprint density at radius 3 is 2.33 bits per heavy atom. The van der Waals surface area contributed by atoms with Crippen LogP contribution in [0.15, 0.2) is 0 Å². The molecule has 4 heteroatoms. The van der Waals surface area contributed by atoms with Crippen molar-refractivity contribution in [1.29, 1.82) is 0 Å². The fourth-order valence-electron chi connectivity index (χ4n) is 1.74. The van der Waals surface area contributed by atoms with Crippen LogP contribution in [0.3, 0.4) is 0 Å². The van der Waals surface area contributed by atoms with E-state index in [0.717, 1.165) is 39.0 Å². The molecule has 0 spiro atoms. The Kier molecular flexibility index (Phi) is 9.98. The Labute approximate surface area is 113 Å². The first-order chi connectivity index (χ1) is 8.47. The molecule has 0 aromatic heterocycles. The van der Waals surface area contributed by atoms with Crippen LogP contribution in [-0.4, -0.2) is 62.0 Å². The van der Waals surface area contributed by atoms with Crippen LogP contribution in [0, 0.1) is 0 Å². The summed E-state index contributed by atoms with van der Waals surface area (Å²) in [5.41, 5.74) is 0. The zero-order valence-corrected chi connectivity index (χ0v) is 12.8. The van der Waals surface area contributed by atoms with Gasteiger partial charge >= 0.3 is 0 Å². The minimum Gasteiger partial charge on any atom is -0.341 e. The minimum atomic E-state index is 0.296. The lowest BCUT2D eigenvalue weighted by Gasteiger charge is -2.24. The molecule has 0 aliphatic carbocycles. The molecule has 0 fully saturated rings. The van der Waals surface area contributed by atoms with Crippen LogP contribution < -0.4 is 5.32 Å². The van der Waals surface area contributed by atoms with E-state index in [1.807, 2.05) is 19.0 Å². The Morgan fingerprint density at radius 1 is 1.17 bits per heavy atom. The van der Waals surface area contributed by atoms with Gasteiger partial charge in [0.2, 0.25) is 5.91 Å². The Bertz CT molecular complexity index is 217. The molecule has 0 unspecified atom stereocenters. The Morgan fingerprint density at radius 2 is 1.83 bits per heavy atom. The summed E-state index contributed by atoms with van der Waals surface area (Å²) in [5.74, 6) is 0.296. The molecule has 0 saturated carbocycles. The van der Waals surface area contributed by atoms with E-state index in [9.17, 15) is 4.79 Å². The third-order valence-corrected chi connectivity index (χ3v) is 2.78. The minimum absolute atomic E-state index is 0.296. The molecule has 4 nitrogen and oxygen atoms in total. The molecule has 0 saturated heterocycles. The van der Waals surface area contributed by atoms with Gasteiger partial charge in [-0.3, -0.25) is 4.79 Å². The van der Waals surface area contributed by atoms with E-state index in [4.69, 9.17) is 0 Å². The van der Waals surface area contributed by atoms with Crippen LogP contribution in [0.2, 0.25) is 0 Å². The zero-order valence-electron chi connectivity index (χ0n) is 12.8. The summed E-state index contributed by atoms with van der Waals surface area (Å²) in [4.78, 5) is 16.2. The summed E-state index contributed by atoms with van der Waals surface area (Å²) in [6.07, 6.45) is 2.62. The normalized spacial score (nSPS) is 11.3. The Hall–Kier alpha value is -0.610.